The molecule has 0 radical (unpaired) electrons. The molecule has 1 aromatic carbocycles. The van der Waals surface area contributed by atoms with Gasteiger partial charge in [0.2, 0.25) is 5.91 Å². The first-order chi connectivity index (χ1) is 9.72. The topological polar surface area (TPSA) is 41.6 Å². The minimum absolute atomic E-state index is 0.170. The molecule has 20 heavy (non-hydrogen) atoms. The number of anilines is 2. The van der Waals surface area contributed by atoms with E-state index in [1.807, 2.05) is 12.1 Å². The summed E-state index contributed by atoms with van der Waals surface area (Å²) in [6, 6.07) is 8.14. The van der Waals surface area contributed by atoms with Crippen LogP contribution >= 0.6 is 0 Å². The Balaban J connectivity index is 1.60. The molecule has 0 bridgehead atoms. The smallest absolute Gasteiger partial charge is 0.227 e. The van der Waals surface area contributed by atoms with Crippen LogP contribution < -0.4 is 10.2 Å². The molecule has 1 amide bonds. The van der Waals surface area contributed by atoms with Gasteiger partial charge in [-0.3, -0.25) is 4.79 Å². The number of rotatable bonds is 3. The van der Waals surface area contributed by atoms with Gasteiger partial charge in [-0.05, 0) is 44.0 Å². The summed E-state index contributed by atoms with van der Waals surface area (Å²) in [6.45, 7) is 4.73. The lowest BCUT2D eigenvalue weighted by Crippen LogP contribution is -2.41. The highest BCUT2D eigenvalue weighted by atomic mass is 16.5. The van der Waals surface area contributed by atoms with Gasteiger partial charge in [0, 0.05) is 30.4 Å². The second-order valence-corrected chi connectivity index (χ2v) is 5.79. The Morgan fingerprint density at radius 2 is 2.05 bits per heavy atom. The lowest BCUT2D eigenvalue weighted by atomic mass is 9.85. The first-order valence-corrected chi connectivity index (χ1v) is 7.50. The molecule has 108 valence electrons. The van der Waals surface area contributed by atoms with Gasteiger partial charge in [-0.2, -0.15) is 0 Å². The second kappa shape index (κ2) is 5.83. The molecule has 1 saturated heterocycles. The summed E-state index contributed by atoms with van der Waals surface area (Å²) in [5.41, 5.74) is 2.09. The average Bonchev–Trinajstić information content (AvgIpc) is 2.37. The molecular formula is C16H22N2O2. The molecule has 1 aliphatic heterocycles. The number of nitrogens with zero attached hydrogens (tertiary/aromatic N) is 1. The van der Waals surface area contributed by atoms with Crippen molar-refractivity contribution in [3.05, 3.63) is 24.3 Å². The zero-order chi connectivity index (χ0) is 13.9. The number of amides is 1. The maximum atomic E-state index is 11.9. The number of hydrogen-bond donors (Lipinski definition) is 1. The molecule has 2 fully saturated rings. The predicted molar refractivity (Wildman–Crippen MR) is 80.0 cm³/mol. The van der Waals surface area contributed by atoms with Crippen LogP contribution in [0.15, 0.2) is 24.3 Å². The predicted octanol–water partition coefficient (Wildman–Crippen LogP) is 2.65. The maximum Gasteiger partial charge on any atom is 0.227 e. The van der Waals surface area contributed by atoms with E-state index in [0.717, 1.165) is 38.2 Å². The number of benzene rings is 1. The third-order valence-corrected chi connectivity index (χ3v) is 4.22. The number of carbonyl (C=O) groups excluding carboxylic acids is 1. The highest BCUT2D eigenvalue weighted by molar-refractivity contribution is 5.93. The van der Waals surface area contributed by atoms with Crippen LogP contribution in [-0.2, 0) is 9.53 Å². The van der Waals surface area contributed by atoms with E-state index in [1.54, 1.807) is 0 Å². The molecular weight excluding hydrogens is 252 g/mol. The van der Waals surface area contributed by atoms with Crippen LogP contribution in [-0.4, -0.2) is 31.7 Å². The number of ether oxygens (including phenoxy) is 1. The highest BCUT2D eigenvalue weighted by Gasteiger charge is 2.25. The lowest BCUT2D eigenvalue weighted by Gasteiger charge is -2.33. The van der Waals surface area contributed by atoms with Crippen molar-refractivity contribution in [3.8, 4) is 0 Å². The third kappa shape index (κ3) is 2.96. The summed E-state index contributed by atoms with van der Waals surface area (Å²) in [7, 11) is 0. The second-order valence-electron chi connectivity index (χ2n) is 5.79. The Kier molecular flexibility index (Phi) is 3.92. The van der Waals surface area contributed by atoms with Crippen LogP contribution in [0.4, 0.5) is 11.4 Å². The van der Waals surface area contributed by atoms with Crippen molar-refractivity contribution in [2.24, 2.45) is 5.92 Å². The van der Waals surface area contributed by atoms with Crippen molar-refractivity contribution < 1.29 is 9.53 Å². The number of morpholine rings is 1. The van der Waals surface area contributed by atoms with E-state index in [-0.39, 0.29) is 17.9 Å². The van der Waals surface area contributed by atoms with Crippen molar-refractivity contribution in [1.29, 1.82) is 0 Å². The molecule has 4 nitrogen and oxygen atoms in total. The number of nitrogens with one attached hydrogen (secondary N) is 1. The van der Waals surface area contributed by atoms with Crippen LogP contribution in [0.25, 0.3) is 0 Å². The minimum atomic E-state index is 0.170. The molecule has 1 atom stereocenters. The van der Waals surface area contributed by atoms with Crippen LogP contribution in [0.5, 0.6) is 0 Å². The fourth-order valence-corrected chi connectivity index (χ4v) is 2.72. The van der Waals surface area contributed by atoms with Gasteiger partial charge in [-0.1, -0.05) is 6.42 Å². The normalized spacial score (nSPS) is 23.2. The minimum Gasteiger partial charge on any atom is -0.375 e. The monoisotopic (exact) mass is 274 g/mol. The van der Waals surface area contributed by atoms with Gasteiger partial charge in [0.15, 0.2) is 0 Å². The van der Waals surface area contributed by atoms with Gasteiger partial charge in [0.05, 0.1) is 12.7 Å². The molecule has 1 aliphatic carbocycles. The van der Waals surface area contributed by atoms with Gasteiger partial charge in [0.25, 0.3) is 0 Å². The molecule has 1 heterocycles. The van der Waals surface area contributed by atoms with E-state index >= 15 is 0 Å². The Hall–Kier alpha value is -1.55. The van der Waals surface area contributed by atoms with E-state index in [0.29, 0.717) is 0 Å². The fourth-order valence-electron chi connectivity index (χ4n) is 2.72. The molecule has 2 aliphatic rings. The Bertz CT molecular complexity index is 468. The Morgan fingerprint density at radius 3 is 2.65 bits per heavy atom. The summed E-state index contributed by atoms with van der Waals surface area (Å²) >= 11 is 0. The largest absolute Gasteiger partial charge is 0.375 e. The molecule has 0 aromatic heterocycles. The zero-order valence-corrected chi connectivity index (χ0v) is 12.0. The SMILES string of the molecule is CC1CN(c2ccc(NC(=O)C3CCC3)cc2)CCO1. The summed E-state index contributed by atoms with van der Waals surface area (Å²) < 4.78 is 5.55. The van der Waals surface area contributed by atoms with E-state index in [4.69, 9.17) is 4.74 Å². The van der Waals surface area contributed by atoms with Crippen molar-refractivity contribution in [2.75, 3.05) is 29.9 Å². The van der Waals surface area contributed by atoms with Gasteiger partial charge < -0.3 is 15.0 Å². The van der Waals surface area contributed by atoms with E-state index in [2.05, 4.69) is 29.3 Å². The van der Waals surface area contributed by atoms with E-state index < -0.39 is 0 Å². The molecule has 0 spiro atoms. The Labute approximate surface area is 120 Å². The molecule has 3 rings (SSSR count). The summed E-state index contributed by atoms with van der Waals surface area (Å²) in [6.07, 6.45) is 3.54. The molecule has 1 saturated carbocycles. The van der Waals surface area contributed by atoms with Crippen molar-refractivity contribution in [3.63, 3.8) is 0 Å². The summed E-state index contributed by atoms with van der Waals surface area (Å²) in [5.74, 6) is 0.402. The molecule has 1 N–H and O–H groups in total. The van der Waals surface area contributed by atoms with E-state index in [9.17, 15) is 4.79 Å². The molecule has 1 aromatic rings. The average molecular weight is 274 g/mol. The van der Waals surface area contributed by atoms with Gasteiger partial charge in [0.1, 0.15) is 0 Å². The van der Waals surface area contributed by atoms with Crippen LogP contribution in [0.1, 0.15) is 26.2 Å². The third-order valence-electron chi connectivity index (χ3n) is 4.22. The van der Waals surface area contributed by atoms with Gasteiger partial charge in [-0.25, -0.2) is 0 Å². The van der Waals surface area contributed by atoms with Crippen molar-refractivity contribution >= 4 is 17.3 Å². The molecule has 1 unspecified atom stereocenters. The summed E-state index contributed by atoms with van der Waals surface area (Å²) in [4.78, 5) is 14.2. The number of hydrogen-bond acceptors (Lipinski definition) is 3. The summed E-state index contributed by atoms with van der Waals surface area (Å²) in [5, 5.41) is 3.00. The van der Waals surface area contributed by atoms with Crippen LogP contribution in [0.2, 0.25) is 0 Å². The van der Waals surface area contributed by atoms with Crippen LogP contribution in [0.3, 0.4) is 0 Å². The van der Waals surface area contributed by atoms with Gasteiger partial charge >= 0.3 is 0 Å². The quantitative estimate of drug-likeness (QED) is 0.921. The molecule has 4 heteroatoms. The first kappa shape index (κ1) is 13.4. The number of carbonyl (C=O) groups is 1. The van der Waals surface area contributed by atoms with Crippen LogP contribution in [0, 0.1) is 5.92 Å². The van der Waals surface area contributed by atoms with Crippen molar-refractivity contribution in [2.45, 2.75) is 32.3 Å². The highest BCUT2D eigenvalue weighted by Crippen LogP contribution is 2.28. The fraction of sp³-hybridized carbons (Fsp3) is 0.562. The Morgan fingerprint density at radius 1 is 1.30 bits per heavy atom. The van der Waals surface area contributed by atoms with E-state index in [1.165, 1.54) is 12.1 Å². The van der Waals surface area contributed by atoms with Gasteiger partial charge in [-0.15, -0.1) is 0 Å². The lowest BCUT2D eigenvalue weighted by molar-refractivity contribution is -0.122. The van der Waals surface area contributed by atoms with Crippen molar-refractivity contribution in [1.82, 2.24) is 0 Å². The zero-order valence-electron chi connectivity index (χ0n) is 12.0. The first-order valence-electron chi connectivity index (χ1n) is 7.50. The maximum absolute atomic E-state index is 11.9. The standard InChI is InChI=1S/C16H22N2O2/c1-12-11-18(9-10-20-12)15-7-5-14(6-8-15)17-16(19)13-3-2-4-13/h5-8,12-13H,2-4,9-11H2,1H3,(H,17,19).